The van der Waals surface area contributed by atoms with Crippen LogP contribution in [0.3, 0.4) is 0 Å². The zero-order valence-electron chi connectivity index (χ0n) is 13.1. The third kappa shape index (κ3) is 4.06. The number of hydrogen-bond acceptors (Lipinski definition) is 4. The van der Waals surface area contributed by atoms with Gasteiger partial charge in [0, 0.05) is 18.0 Å². The van der Waals surface area contributed by atoms with E-state index in [2.05, 4.69) is 26.1 Å². The van der Waals surface area contributed by atoms with Crippen molar-refractivity contribution in [3.05, 3.63) is 17.0 Å². The number of nitrogens with one attached hydrogen (secondary N) is 1. The van der Waals surface area contributed by atoms with Crippen LogP contribution in [-0.4, -0.2) is 38.9 Å². The van der Waals surface area contributed by atoms with Gasteiger partial charge in [0.1, 0.15) is 4.21 Å². The molecule has 2 atom stereocenters. The van der Waals surface area contributed by atoms with Crippen molar-refractivity contribution in [1.29, 1.82) is 0 Å². The van der Waals surface area contributed by atoms with Gasteiger partial charge in [0.25, 0.3) is 10.0 Å². The molecule has 6 heteroatoms. The number of rotatable bonds is 6. The van der Waals surface area contributed by atoms with Crippen molar-refractivity contribution in [2.75, 3.05) is 26.2 Å². The molecular weight excluding hydrogens is 304 g/mol. The summed E-state index contributed by atoms with van der Waals surface area (Å²) in [6.07, 6.45) is 1.85. The summed E-state index contributed by atoms with van der Waals surface area (Å²) in [5, 5.41) is 3.27. The average molecular weight is 331 g/mol. The quantitative estimate of drug-likeness (QED) is 0.816. The normalized spacial score (nSPS) is 24.3. The van der Waals surface area contributed by atoms with Crippen LogP contribution < -0.4 is 5.32 Å². The Morgan fingerprint density at radius 2 is 2.10 bits per heavy atom. The predicted molar refractivity (Wildman–Crippen MR) is 88.3 cm³/mol. The number of sulfonamides is 1. The molecule has 0 bridgehead atoms. The average Bonchev–Trinajstić information content (AvgIpc) is 2.91. The van der Waals surface area contributed by atoms with Crippen molar-refractivity contribution < 1.29 is 8.42 Å². The van der Waals surface area contributed by atoms with Gasteiger partial charge in [-0.2, -0.15) is 4.31 Å². The van der Waals surface area contributed by atoms with E-state index >= 15 is 0 Å². The van der Waals surface area contributed by atoms with Crippen LogP contribution >= 0.6 is 11.3 Å². The minimum Gasteiger partial charge on any atom is -0.317 e. The molecule has 2 rings (SSSR count). The summed E-state index contributed by atoms with van der Waals surface area (Å²) in [5.41, 5.74) is 0. The fourth-order valence-electron chi connectivity index (χ4n) is 2.59. The lowest BCUT2D eigenvalue weighted by molar-refractivity contribution is 0.213. The number of thiophene rings is 1. The van der Waals surface area contributed by atoms with Crippen LogP contribution in [0.2, 0.25) is 0 Å². The Morgan fingerprint density at radius 1 is 1.33 bits per heavy atom. The van der Waals surface area contributed by atoms with E-state index in [0.717, 1.165) is 30.8 Å². The number of nitrogens with zero attached hydrogens (tertiary/aromatic N) is 1. The minimum atomic E-state index is -3.30. The maximum atomic E-state index is 12.7. The van der Waals surface area contributed by atoms with Gasteiger partial charge in [-0.3, -0.25) is 0 Å². The Kier molecular flexibility index (Phi) is 5.82. The molecule has 4 nitrogen and oxygen atoms in total. The summed E-state index contributed by atoms with van der Waals surface area (Å²) in [6.45, 7) is 9.56. The predicted octanol–water partition coefficient (Wildman–Crippen LogP) is 2.57. The summed E-state index contributed by atoms with van der Waals surface area (Å²) in [4.78, 5) is 1.13. The molecule has 21 heavy (non-hydrogen) atoms. The smallest absolute Gasteiger partial charge is 0.252 e. The van der Waals surface area contributed by atoms with E-state index in [1.165, 1.54) is 11.3 Å². The first-order valence-corrected chi connectivity index (χ1v) is 10.0. The van der Waals surface area contributed by atoms with Crippen LogP contribution in [0, 0.1) is 11.8 Å². The highest BCUT2D eigenvalue weighted by atomic mass is 32.2. The molecule has 2 heterocycles. The van der Waals surface area contributed by atoms with Crippen LogP contribution in [0.5, 0.6) is 0 Å². The highest BCUT2D eigenvalue weighted by Crippen LogP contribution is 2.30. The van der Waals surface area contributed by atoms with Crippen LogP contribution in [0.4, 0.5) is 0 Å². The highest BCUT2D eigenvalue weighted by molar-refractivity contribution is 7.91. The van der Waals surface area contributed by atoms with Crippen LogP contribution in [-0.2, 0) is 16.4 Å². The zero-order chi connectivity index (χ0) is 15.5. The first kappa shape index (κ1) is 16.9. The van der Waals surface area contributed by atoms with E-state index in [9.17, 15) is 8.42 Å². The Hall–Kier alpha value is -0.430. The van der Waals surface area contributed by atoms with E-state index in [1.54, 1.807) is 10.4 Å². The highest BCUT2D eigenvalue weighted by Gasteiger charge is 2.32. The Balaban J connectivity index is 2.06. The van der Waals surface area contributed by atoms with Crippen LogP contribution in [0.25, 0.3) is 0 Å². The lowest BCUT2D eigenvalue weighted by atomic mass is 9.90. The summed E-state index contributed by atoms with van der Waals surface area (Å²) in [6, 6.07) is 3.72. The Labute approximate surface area is 132 Å². The standard InChI is InChI=1S/C15H26N2O2S2/c1-4-16-9-7-14-5-6-15(20-14)21(18,19)17-10-8-12(2)13(3)11-17/h5-6,12-13,16H,4,7-11H2,1-3H3. The van der Waals surface area contributed by atoms with Crippen molar-refractivity contribution in [1.82, 2.24) is 9.62 Å². The number of piperidine rings is 1. The topological polar surface area (TPSA) is 49.4 Å². The molecule has 1 aliphatic rings. The lowest BCUT2D eigenvalue weighted by Gasteiger charge is -2.34. The molecule has 0 radical (unpaired) electrons. The van der Waals surface area contributed by atoms with E-state index < -0.39 is 10.0 Å². The van der Waals surface area contributed by atoms with Gasteiger partial charge < -0.3 is 5.32 Å². The zero-order valence-corrected chi connectivity index (χ0v) is 14.8. The van der Waals surface area contributed by atoms with Crippen LogP contribution in [0.15, 0.2) is 16.3 Å². The van der Waals surface area contributed by atoms with Crippen molar-refractivity contribution in [2.45, 2.75) is 37.8 Å². The van der Waals surface area contributed by atoms with E-state index in [4.69, 9.17) is 0 Å². The first-order chi connectivity index (χ1) is 9.95. The molecule has 0 aliphatic carbocycles. The largest absolute Gasteiger partial charge is 0.317 e. The van der Waals surface area contributed by atoms with Gasteiger partial charge in [0.05, 0.1) is 0 Å². The van der Waals surface area contributed by atoms with Crippen molar-refractivity contribution in [2.24, 2.45) is 11.8 Å². The third-order valence-electron chi connectivity index (χ3n) is 4.33. The van der Waals surface area contributed by atoms with E-state index in [1.807, 2.05) is 6.07 Å². The molecule has 1 aliphatic heterocycles. The van der Waals surface area contributed by atoms with E-state index in [-0.39, 0.29) is 0 Å². The van der Waals surface area contributed by atoms with Gasteiger partial charge in [0.2, 0.25) is 0 Å². The lowest BCUT2D eigenvalue weighted by Crippen LogP contribution is -2.41. The summed E-state index contributed by atoms with van der Waals surface area (Å²) in [7, 11) is -3.30. The van der Waals surface area contributed by atoms with Gasteiger partial charge in [-0.1, -0.05) is 20.8 Å². The second kappa shape index (κ2) is 7.22. The molecule has 0 aromatic carbocycles. The fraction of sp³-hybridized carbons (Fsp3) is 0.733. The van der Waals surface area contributed by atoms with Gasteiger partial charge in [-0.25, -0.2) is 8.42 Å². The van der Waals surface area contributed by atoms with E-state index in [0.29, 0.717) is 29.1 Å². The van der Waals surface area contributed by atoms with Gasteiger partial charge in [-0.05, 0) is 49.9 Å². The summed E-state index contributed by atoms with van der Waals surface area (Å²) >= 11 is 1.42. The maximum absolute atomic E-state index is 12.7. The van der Waals surface area contributed by atoms with Gasteiger partial charge >= 0.3 is 0 Å². The monoisotopic (exact) mass is 330 g/mol. The first-order valence-electron chi connectivity index (χ1n) is 7.74. The third-order valence-corrected chi connectivity index (χ3v) is 7.80. The molecule has 1 aromatic heterocycles. The summed E-state index contributed by atoms with van der Waals surface area (Å²) < 4.78 is 27.6. The molecule has 1 aromatic rings. The van der Waals surface area contributed by atoms with Crippen molar-refractivity contribution in [3.8, 4) is 0 Å². The molecular formula is C15H26N2O2S2. The second-order valence-electron chi connectivity index (χ2n) is 5.93. The second-order valence-corrected chi connectivity index (χ2v) is 9.26. The summed E-state index contributed by atoms with van der Waals surface area (Å²) in [5.74, 6) is 1.04. The van der Waals surface area contributed by atoms with Crippen molar-refractivity contribution in [3.63, 3.8) is 0 Å². The SMILES string of the molecule is CCNCCc1ccc(S(=O)(=O)N2CCC(C)C(C)C2)s1. The van der Waals surface area contributed by atoms with Crippen molar-refractivity contribution >= 4 is 21.4 Å². The van der Waals surface area contributed by atoms with Crippen LogP contribution in [0.1, 0.15) is 32.1 Å². The Bertz CT molecular complexity index is 554. The molecule has 1 N–H and O–H groups in total. The van der Waals surface area contributed by atoms with Gasteiger partial charge in [-0.15, -0.1) is 11.3 Å². The molecule has 1 saturated heterocycles. The number of hydrogen-bond donors (Lipinski definition) is 1. The molecule has 1 fully saturated rings. The minimum absolute atomic E-state index is 0.432. The number of likely N-dealkylation sites (N-methyl/N-ethyl adjacent to an activating group) is 1. The Morgan fingerprint density at radius 3 is 2.76 bits per heavy atom. The fourth-order valence-corrected chi connectivity index (χ4v) is 5.65. The molecule has 2 unspecified atom stereocenters. The molecule has 120 valence electrons. The molecule has 0 spiro atoms. The molecule has 0 amide bonds. The molecule has 0 saturated carbocycles. The van der Waals surface area contributed by atoms with Gasteiger partial charge in [0.15, 0.2) is 0 Å². The maximum Gasteiger partial charge on any atom is 0.252 e.